The van der Waals surface area contributed by atoms with Gasteiger partial charge in [0, 0.05) is 25.7 Å². The van der Waals surface area contributed by atoms with Crippen molar-refractivity contribution in [2.24, 2.45) is 0 Å². The predicted molar refractivity (Wildman–Crippen MR) is 109 cm³/mol. The first kappa shape index (κ1) is 21.9. The minimum atomic E-state index is -1.47. The number of carbonyl (C=O) groups excluding carboxylic acids is 3. The lowest BCUT2D eigenvalue weighted by atomic mass is 9.87. The molecular formula is C23H22O8. The Labute approximate surface area is 179 Å². The van der Waals surface area contributed by atoms with Crippen LogP contribution in [0.4, 0.5) is 0 Å². The van der Waals surface area contributed by atoms with E-state index in [9.17, 15) is 19.5 Å². The van der Waals surface area contributed by atoms with Gasteiger partial charge < -0.3 is 24.1 Å². The number of esters is 3. The summed E-state index contributed by atoms with van der Waals surface area (Å²) in [5.74, 6) is -5.81. The van der Waals surface area contributed by atoms with Crippen LogP contribution in [0, 0.1) is 0 Å². The van der Waals surface area contributed by atoms with Gasteiger partial charge in [-0.3, -0.25) is 0 Å². The zero-order valence-corrected chi connectivity index (χ0v) is 16.7. The quantitative estimate of drug-likeness (QED) is 0.309. The Morgan fingerprint density at radius 3 is 1.77 bits per heavy atom. The van der Waals surface area contributed by atoms with Crippen LogP contribution in [0.3, 0.4) is 0 Å². The molecule has 162 valence electrons. The summed E-state index contributed by atoms with van der Waals surface area (Å²) in [4.78, 5) is 37.0. The van der Waals surface area contributed by atoms with Gasteiger partial charge in [-0.15, -0.1) is 0 Å². The predicted octanol–water partition coefficient (Wildman–Crippen LogP) is 3.36. The van der Waals surface area contributed by atoms with Crippen LogP contribution < -0.4 is 0 Å². The van der Waals surface area contributed by atoms with Crippen molar-refractivity contribution in [1.29, 1.82) is 0 Å². The topological polar surface area (TPSA) is 108 Å². The van der Waals surface area contributed by atoms with Gasteiger partial charge in [0.15, 0.2) is 0 Å². The second-order valence-electron chi connectivity index (χ2n) is 6.99. The van der Waals surface area contributed by atoms with Gasteiger partial charge in [0.1, 0.15) is 11.1 Å². The van der Waals surface area contributed by atoms with E-state index in [-0.39, 0.29) is 36.8 Å². The van der Waals surface area contributed by atoms with E-state index in [4.69, 9.17) is 18.9 Å². The zero-order chi connectivity index (χ0) is 22.5. The van der Waals surface area contributed by atoms with E-state index in [1.807, 2.05) is 0 Å². The molecule has 1 saturated heterocycles. The summed E-state index contributed by atoms with van der Waals surface area (Å²) < 4.78 is 21.8. The van der Waals surface area contributed by atoms with Crippen LogP contribution >= 0.6 is 0 Å². The van der Waals surface area contributed by atoms with E-state index in [1.165, 1.54) is 30.4 Å². The van der Waals surface area contributed by atoms with Crippen molar-refractivity contribution < 1.29 is 38.4 Å². The van der Waals surface area contributed by atoms with Crippen LogP contribution in [-0.4, -0.2) is 34.6 Å². The Hall–Kier alpha value is -3.81. The highest BCUT2D eigenvalue weighted by atomic mass is 16.8. The zero-order valence-electron chi connectivity index (χ0n) is 16.7. The summed E-state index contributed by atoms with van der Waals surface area (Å²) in [6, 6.07) is 0. The van der Waals surface area contributed by atoms with Crippen LogP contribution in [0.25, 0.3) is 0 Å². The molecule has 2 aliphatic heterocycles. The van der Waals surface area contributed by atoms with Gasteiger partial charge in [-0.2, -0.15) is 0 Å². The first-order chi connectivity index (χ1) is 14.8. The summed E-state index contributed by atoms with van der Waals surface area (Å²) in [6.45, 7) is 7.03. The first-order valence-electron chi connectivity index (χ1n) is 9.61. The van der Waals surface area contributed by atoms with Crippen molar-refractivity contribution in [3.8, 4) is 0 Å². The SMILES string of the molecule is C=CC=CC=CC1=C(O)OC2(CCC3(CC2)OC(=O)C(=CC=CC=C)C(=O)O3)OC1=O. The third-order valence-corrected chi connectivity index (χ3v) is 4.91. The van der Waals surface area contributed by atoms with E-state index in [2.05, 4.69) is 13.2 Å². The Morgan fingerprint density at radius 1 is 0.710 bits per heavy atom. The van der Waals surface area contributed by atoms with Gasteiger partial charge in [-0.1, -0.05) is 55.7 Å². The average Bonchev–Trinajstić information content (AvgIpc) is 2.72. The Morgan fingerprint density at radius 2 is 1.23 bits per heavy atom. The lowest BCUT2D eigenvalue weighted by Crippen LogP contribution is -2.54. The number of rotatable bonds is 5. The fourth-order valence-corrected chi connectivity index (χ4v) is 3.34. The number of hydrogen-bond donors (Lipinski definition) is 1. The summed E-state index contributed by atoms with van der Waals surface area (Å²) >= 11 is 0. The molecule has 0 amide bonds. The monoisotopic (exact) mass is 426 g/mol. The number of carbonyl (C=O) groups is 3. The minimum absolute atomic E-state index is 0.0358. The molecule has 0 unspecified atom stereocenters. The maximum Gasteiger partial charge on any atom is 0.348 e. The highest BCUT2D eigenvalue weighted by Gasteiger charge is 2.55. The number of aliphatic hydroxyl groups is 1. The summed E-state index contributed by atoms with van der Waals surface area (Å²) in [5, 5.41) is 10.2. The molecule has 1 saturated carbocycles. The molecule has 8 nitrogen and oxygen atoms in total. The largest absolute Gasteiger partial charge is 0.480 e. The van der Waals surface area contributed by atoms with E-state index in [1.54, 1.807) is 24.3 Å². The van der Waals surface area contributed by atoms with Gasteiger partial charge in [-0.25, -0.2) is 14.4 Å². The summed E-state index contributed by atoms with van der Waals surface area (Å²) in [7, 11) is 0. The summed E-state index contributed by atoms with van der Waals surface area (Å²) in [6.07, 6.45) is 13.7. The van der Waals surface area contributed by atoms with Crippen molar-refractivity contribution in [1.82, 2.24) is 0 Å². The number of ether oxygens (including phenoxy) is 4. The van der Waals surface area contributed by atoms with Crippen LogP contribution in [0.2, 0.25) is 0 Å². The Bertz CT molecular complexity index is 930. The number of allylic oxidation sites excluding steroid dienone is 8. The van der Waals surface area contributed by atoms with Crippen LogP contribution in [0.5, 0.6) is 0 Å². The molecule has 31 heavy (non-hydrogen) atoms. The number of aliphatic hydroxyl groups excluding tert-OH is 1. The van der Waals surface area contributed by atoms with E-state index >= 15 is 0 Å². The van der Waals surface area contributed by atoms with Crippen LogP contribution in [0.15, 0.2) is 84.9 Å². The normalized spacial score (nSPS) is 28.8. The Balaban J connectivity index is 1.70. The molecule has 0 atom stereocenters. The molecule has 0 aromatic rings. The minimum Gasteiger partial charge on any atom is -0.480 e. The molecule has 0 bridgehead atoms. The molecule has 2 spiro atoms. The second kappa shape index (κ2) is 8.91. The van der Waals surface area contributed by atoms with Gasteiger partial charge in [0.2, 0.25) is 0 Å². The van der Waals surface area contributed by atoms with Crippen molar-refractivity contribution in [2.75, 3.05) is 0 Å². The fraction of sp³-hybridized carbons (Fsp3) is 0.261. The third kappa shape index (κ3) is 4.69. The highest BCUT2D eigenvalue weighted by molar-refractivity contribution is 6.15. The van der Waals surface area contributed by atoms with Gasteiger partial charge in [-0.05, 0) is 12.2 Å². The van der Waals surface area contributed by atoms with Crippen LogP contribution in [-0.2, 0) is 33.3 Å². The molecule has 0 aromatic carbocycles. The third-order valence-electron chi connectivity index (χ3n) is 4.91. The van der Waals surface area contributed by atoms with Crippen molar-refractivity contribution in [3.63, 3.8) is 0 Å². The molecule has 1 aliphatic carbocycles. The average molecular weight is 426 g/mol. The lowest BCUT2D eigenvalue weighted by molar-refractivity contribution is -0.297. The Kier molecular flexibility index (Phi) is 6.29. The van der Waals surface area contributed by atoms with Gasteiger partial charge in [0.05, 0.1) is 0 Å². The molecule has 8 heteroatoms. The van der Waals surface area contributed by atoms with E-state index < -0.39 is 35.4 Å². The fourth-order valence-electron chi connectivity index (χ4n) is 3.34. The maximum atomic E-state index is 12.4. The van der Waals surface area contributed by atoms with E-state index in [0.29, 0.717) is 0 Å². The maximum absolute atomic E-state index is 12.4. The van der Waals surface area contributed by atoms with E-state index in [0.717, 1.165) is 0 Å². The van der Waals surface area contributed by atoms with Crippen molar-refractivity contribution in [3.05, 3.63) is 84.9 Å². The summed E-state index contributed by atoms with van der Waals surface area (Å²) in [5.41, 5.74) is -0.357. The molecule has 3 aliphatic rings. The standard InChI is InChI=1S/C23H22O8/c1-3-5-7-9-11-17-20(26)30-23(31-21(17)27)14-12-22(13-15-23)28-18(24)16(19(25)29-22)10-8-6-4-2/h3-11,26H,1-2,12-15H2. The molecule has 1 N–H and O–H groups in total. The van der Waals surface area contributed by atoms with Gasteiger partial charge >= 0.3 is 17.9 Å². The van der Waals surface area contributed by atoms with Crippen LogP contribution in [0.1, 0.15) is 25.7 Å². The van der Waals surface area contributed by atoms with Gasteiger partial charge in [0.25, 0.3) is 17.5 Å². The molecular weight excluding hydrogens is 404 g/mol. The number of hydrogen-bond acceptors (Lipinski definition) is 8. The molecule has 0 radical (unpaired) electrons. The van der Waals surface area contributed by atoms with Crippen molar-refractivity contribution in [2.45, 2.75) is 37.3 Å². The molecule has 2 fully saturated rings. The lowest BCUT2D eigenvalue weighted by Gasteiger charge is -2.46. The highest BCUT2D eigenvalue weighted by Crippen LogP contribution is 2.45. The van der Waals surface area contributed by atoms with Crippen molar-refractivity contribution >= 4 is 17.9 Å². The smallest absolute Gasteiger partial charge is 0.348 e. The first-order valence-corrected chi connectivity index (χ1v) is 9.61. The molecule has 2 heterocycles. The molecule has 3 rings (SSSR count). The molecule has 0 aromatic heterocycles. The second-order valence-corrected chi connectivity index (χ2v) is 6.99.